The highest BCUT2D eigenvalue weighted by atomic mass is 16.5. The average molecular weight is 377 g/mol. The molecule has 0 radical (unpaired) electrons. The fourth-order valence-corrected chi connectivity index (χ4v) is 4.39. The first-order chi connectivity index (χ1) is 13.9. The first-order valence-corrected chi connectivity index (χ1v) is 10.4. The molecule has 28 heavy (non-hydrogen) atoms. The molecule has 5 rings (SSSR count). The number of anilines is 3. The molecule has 3 aromatic rings. The summed E-state index contributed by atoms with van der Waals surface area (Å²) < 4.78 is 7.51. The normalized spacial score (nSPS) is 18.5. The third-order valence-corrected chi connectivity index (χ3v) is 5.95. The summed E-state index contributed by atoms with van der Waals surface area (Å²) in [5.41, 5.74) is 4.62. The van der Waals surface area contributed by atoms with Gasteiger partial charge in [-0.2, -0.15) is 0 Å². The zero-order chi connectivity index (χ0) is 18.8. The Hall–Kier alpha value is -2.60. The molecule has 1 saturated carbocycles. The highest BCUT2D eigenvalue weighted by molar-refractivity contribution is 5.60. The lowest BCUT2D eigenvalue weighted by Gasteiger charge is -2.28. The van der Waals surface area contributed by atoms with Crippen molar-refractivity contribution in [3.63, 3.8) is 0 Å². The van der Waals surface area contributed by atoms with Gasteiger partial charge in [-0.1, -0.05) is 19.3 Å². The van der Waals surface area contributed by atoms with Gasteiger partial charge in [-0.05, 0) is 49.2 Å². The third-order valence-electron chi connectivity index (χ3n) is 5.95. The first-order valence-electron chi connectivity index (χ1n) is 10.4. The molecule has 0 spiro atoms. The molecule has 0 atom stereocenters. The Labute approximate surface area is 165 Å². The standard InChI is InChI=1S/C22H27N5O/c1-2-4-17(5-3-1)21-11-10-20-16-23-22(25-27(20)21)24-18-6-8-19(9-7-18)26-12-14-28-15-13-26/h6-11,16-17H,1-5,12-15H2,(H,24,25). The van der Waals surface area contributed by atoms with E-state index in [1.54, 1.807) is 0 Å². The highest BCUT2D eigenvalue weighted by Gasteiger charge is 2.19. The van der Waals surface area contributed by atoms with Crippen molar-refractivity contribution in [3.05, 3.63) is 48.3 Å². The largest absolute Gasteiger partial charge is 0.378 e. The van der Waals surface area contributed by atoms with Crippen LogP contribution in [0.1, 0.15) is 43.7 Å². The van der Waals surface area contributed by atoms with Gasteiger partial charge in [-0.3, -0.25) is 0 Å². The summed E-state index contributed by atoms with van der Waals surface area (Å²) in [6, 6.07) is 12.8. The summed E-state index contributed by atoms with van der Waals surface area (Å²) in [6.45, 7) is 3.50. The lowest BCUT2D eigenvalue weighted by atomic mass is 9.87. The summed E-state index contributed by atoms with van der Waals surface area (Å²) in [7, 11) is 0. The molecule has 6 nitrogen and oxygen atoms in total. The molecule has 1 aliphatic carbocycles. The van der Waals surface area contributed by atoms with Gasteiger partial charge in [-0.15, -0.1) is 5.10 Å². The fraction of sp³-hybridized carbons (Fsp3) is 0.455. The maximum absolute atomic E-state index is 5.43. The Morgan fingerprint density at radius 3 is 2.50 bits per heavy atom. The number of fused-ring (bicyclic) bond motifs is 1. The monoisotopic (exact) mass is 377 g/mol. The van der Waals surface area contributed by atoms with Crippen LogP contribution in [0.15, 0.2) is 42.6 Å². The molecule has 1 N–H and O–H groups in total. The smallest absolute Gasteiger partial charge is 0.245 e. The number of aromatic nitrogens is 3. The molecule has 0 unspecified atom stereocenters. The molecule has 146 valence electrons. The van der Waals surface area contributed by atoms with Crippen molar-refractivity contribution in [2.24, 2.45) is 0 Å². The highest BCUT2D eigenvalue weighted by Crippen LogP contribution is 2.33. The zero-order valence-corrected chi connectivity index (χ0v) is 16.2. The van der Waals surface area contributed by atoms with Crippen LogP contribution in [0.25, 0.3) is 5.52 Å². The number of rotatable bonds is 4. The quantitative estimate of drug-likeness (QED) is 0.732. The molecule has 0 amide bonds. The summed E-state index contributed by atoms with van der Waals surface area (Å²) in [5, 5.41) is 8.15. The summed E-state index contributed by atoms with van der Waals surface area (Å²) in [5.74, 6) is 1.26. The lowest BCUT2D eigenvalue weighted by molar-refractivity contribution is 0.122. The number of ether oxygens (including phenoxy) is 1. The molecule has 3 heterocycles. The number of benzene rings is 1. The fourth-order valence-electron chi connectivity index (χ4n) is 4.39. The second-order valence-electron chi connectivity index (χ2n) is 7.78. The summed E-state index contributed by atoms with van der Waals surface area (Å²) in [4.78, 5) is 6.86. The van der Waals surface area contributed by atoms with Gasteiger partial charge in [0.15, 0.2) is 0 Å². The molecule has 0 bridgehead atoms. The molecule has 1 saturated heterocycles. The Kier molecular flexibility index (Phi) is 4.87. The van der Waals surface area contributed by atoms with Crippen molar-refractivity contribution in [2.45, 2.75) is 38.0 Å². The van der Waals surface area contributed by atoms with E-state index in [-0.39, 0.29) is 0 Å². The minimum atomic E-state index is 0.617. The number of nitrogens with zero attached hydrogens (tertiary/aromatic N) is 4. The van der Waals surface area contributed by atoms with E-state index in [4.69, 9.17) is 9.84 Å². The SMILES string of the molecule is c1cc(N2CCOCC2)ccc1Nc1ncc2ccc(C3CCCCC3)n2n1. The van der Waals surface area contributed by atoms with Gasteiger partial charge >= 0.3 is 0 Å². The number of hydrogen-bond donors (Lipinski definition) is 1. The summed E-state index contributed by atoms with van der Waals surface area (Å²) >= 11 is 0. The van der Waals surface area contributed by atoms with E-state index < -0.39 is 0 Å². The molecular formula is C22H27N5O. The average Bonchev–Trinajstić information content (AvgIpc) is 3.19. The predicted octanol–water partition coefficient (Wildman–Crippen LogP) is 4.36. The van der Waals surface area contributed by atoms with Crippen molar-refractivity contribution in [3.8, 4) is 0 Å². The van der Waals surface area contributed by atoms with E-state index in [0.29, 0.717) is 11.9 Å². The second-order valence-corrected chi connectivity index (χ2v) is 7.78. The van der Waals surface area contributed by atoms with Crippen LogP contribution in [-0.4, -0.2) is 40.9 Å². The maximum atomic E-state index is 5.43. The van der Waals surface area contributed by atoms with Crippen molar-refractivity contribution in [1.29, 1.82) is 0 Å². The van der Waals surface area contributed by atoms with Crippen LogP contribution < -0.4 is 10.2 Å². The Morgan fingerprint density at radius 2 is 1.71 bits per heavy atom. The van der Waals surface area contributed by atoms with Gasteiger partial charge in [0.05, 0.1) is 24.9 Å². The lowest BCUT2D eigenvalue weighted by Crippen LogP contribution is -2.36. The minimum Gasteiger partial charge on any atom is -0.378 e. The molecule has 1 aliphatic heterocycles. The zero-order valence-electron chi connectivity index (χ0n) is 16.2. The van der Waals surface area contributed by atoms with E-state index >= 15 is 0 Å². The van der Waals surface area contributed by atoms with Crippen LogP contribution in [0.3, 0.4) is 0 Å². The van der Waals surface area contributed by atoms with Gasteiger partial charge in [-0.25, -0.2) is 9.50 Å². The van der Waals surface area contributed by atoms with E-state index in [2.05, 4.69) is 56.1 Å². The molecule has 6 heteroatoms. The molecule has 2 aromatic heterocycles. The number of morpholine rings is 1. The Morgan fingerprint density at radius 1 is 0.929 bits per heavy atom. The van der Waals surface area contributed by atoms with Crippen molar-refractivity contribution in [2.75, 3.05) is 36.5 Å². The van der Waals surface area contributed by atoms with Gasteiger partial charge in [0.25, 0.3) is 0 Å². The van der Waals surface area contributed by atoms with E-state index in [9.17, 15) is 0 Å². The predicted molar refractivity (Wildman–Crippen MR) is 112 cm³/mol. The maximum Gasteiger partial charge on any atom is 0.245 e. The van der Waals surface area contributed by atoms with E-state index in [0.717, 1.165) is 37.5 Å². The summed E-state index contributed by atoms with van der Waals surface area (Å²) in [6.07, 6.45) is 8.45. The Balaban J connectivity index is 1.34. The van der Waals surface area contributed by atoms with Crippen LogP contribution in [0.5, 0.6) is 0 Å². The molecule has 2 fully saturated rings. The topological polar surface area (TPSA) is 54.7 Å². The van der Waals surface area contributed by atoms with Crippen LogP contribution in [0, 0.1) is 0 Å². The molecule has 2 aliphatic rings. The minimum absolute atomic E-state index is 0.617. The van der Waals surface area contributed by atoms with Gasteiger partial charge in [0, 0.05) is 36.1 Å². The third kappa shape index (κ3) is 3.56. The first kappa shape index (κ1) is 17.5. The van der Waals surface area contributed by atoms with Crippen LogP contribution in [0.4, 0.5) is 17.3 Å². The van der Waals surface area contributed by atoms with Crippen molar-refractivity contribution < 1.29 is 4.74 Å². The second kappa shape index (κ2) is 7.80. The Bertz CT molecular complexity index is 924. The van der Waals surface area contributed by atoms with Crippen molar-refractivity contribution >= 4 is 22.8 Å². The van der Waals surface area contributed by atoms with Crippen LogP contribution >= 0.6 is 0 Å². The van der Waals surface area contributed by atoms with Gasteiger partial charge in [0.1, 0.15) is 0 Å². The van der Waals surface area contributed by atoms with Crippen molar-refractivity contribution in [1.82, 2.24) is 14.6 Å². The number of hydrogen-bond acceptors (Lipinski definition) is 5. The van der Waals surface area contributed by atoms with Gasteiger partial charge < -0.3 is 15.0 Å². The van der Waals surface area contributed by atoms with Crippen LogP contribution in [-0.2, 0) is 4.74 Å². The van der Waals surface area contributed by atoms with Gasteiger partial charge in [0.2, 0.25) is 5.95 Å². The van der Waals surface area contributed by atoms with E-state index in [1.165, 1.54) is 43.5 Å². The molecule has 1 aromatic carbocycles. The van der Waals surface area contributed by atoms with E-state index in [1.807, 2.05) is 6.20 Å². The van der Waals surface area contributed by atoms with Crippen LogP contribution in [0.2, 0.25) is 0 Å². The number of nitrogens with one attached hydrogen (secondary N) is 1. The molecular weight excluding hydrogens is 350 g/mol.